The molecule has 0 spiro atoms. The van der Waals surface area contributed by atoms with Crippen LogP contribution >= 0.6 is 0 Å². The molecule has 1 saturated carbocycles. The average molecular weight is 340 g/mol. The van der Waals surface area contributed by atoms with Crippen molar-refractivity contribution < 1.29 is 9.53 Å². The summed E-state index contributed by atoms with van der Waals surface area (Å²) in [5.74, 6) is 1.42. The molecule has 0 radical (unpaired) electrons. The van der Waals surface area contributed by atoms with E-state index in [0.29, 0.717) is 29.6 Å². The van der Waals surface area contributed by atoms with Crippen LogP contribution in [0.5, 0.6) is 5.75 Å². The van der Waals surface area contributed by atoms with Gasteiger partial charge in [0.2, 0.25) is 0 Å². The molecule has 132 valence electrons. The minimum atomic E-state index is -0.129. The first-order valence-electron chi connectivity index (χ1n) is 8.59. The van der Waals surface area contributed by atoms with Crippen LogP contribution in [-0.2, 0) is 0 Å². The van der Waals surface area contributed by atoms with Gasteiger partial charge in [0.15, 0.2) is 0 Å². The third kappa shape index (κ3) is 3.91. The van der Waals surface area contributed by atoms with E-state index in [1.165, 1.54) is 0 Å². The number of carbonyl (C=O) groups is 1. The minimum Gasteiger partial charge on any atom is -0.495 e. The third-order valence-corrected chi connectivity index (χ3v) is 4.69. The number of carbonyl (C=O) groups excluding carboxylic acids is 1. The summed E-state index contributed by atoms with van der Waals surface area (Å²) in [6.45, 7) is 0.601. The molecule has 0 bridgehead atoms. The maximum atomic E-state index is 12.8. The van der Waals surface area contributed by atoms with E-state index >= 15 is 0 Å². The summed E-state index contributed by atoms with van der Waals surface area (Å²) in [6, 6.07) is 11.2. The summed E-state index contributed by atoms with van der Waals surface area (Å²) in [4.78, 5) is 17.1. The normalized spacial score (nSPS) is 19.4. The summed E-state index contributed by atoms with van der Waals surface area (Å²) < 4.78 is 5.35. The lowest BCUT2D eigenvalue weighted by atomic mass is 10.0. The number of benzene rings is 1. The van der Waals surface area contributed by atoms with Crippen molar-refractivity contribution in [3.63, 3.8) is 0 Å². The molecule has 1 aliphatic rings. The fraction of sp³-hybridized carbons (Fsp3) is 0.368. The fourth-order valence-electron chi connectivity index (χ4n) is 3.32. The van der Waals surface area contributed by atoms with Gasteiger partial charge in [-0.05, 0) is 49.6 Å². The fourth-order valence-corrected chi connectivity index (χ4v) is 3.32. The second-order valence-corrected chi connectivity index (χ2v) is 6.23. The van der Waals surface area contributed by atoms with Crippen LogP contribution in [0.4, 0.5) is 11.5 Å². The van der Waals surface area contributed by atoms with Gasteiger partial charge in [-0.15, -0.1) is 0 Å². The molecule has 0 aliphatic heterocycles. The molecule has 4 N–H and O–H groups in total. The Bertz CT molecular complexity index is 735. The number of pyridine rings is 1. The largest absolute Gasteiger partial charge is 0.495 e. The van der Waals surface area contributed by atoms with Gasteiger partial charge < -0.3 is 21.1 Å². The van der Waals surface area contributed by atoms with E-state index in [9.17, 15) is 4.79 Å². The van der Waals surface area contributed by atoms with Gasteiger partial charge in [-0.1, -0.05) is 18.6 Å². The molecule has 1 amide bonds. The SMILES string of the molecule is COc1ccccc1Nc1ncccc1C(=O)NC1CCCC1CN. The Hall–Kier alpha value is -2.60. The Balaban J connectivity index is 1.79. The third-order valence-electron chi connectivity index (χ3n) is 4.69. The van der Waals surface area contributed by atoms with Gasteiger partial charge in [0, 0.05) is 12.2 Å². The molecule has 25 heavy (non-hydrogen) atoms. The Morgan fingerprint density at radius 1 is 1.28 bits per heavy atom. The van der Waals surface area contributed by atoms with Gasteiger partial charge in [0.25, 0.3) is 5.91 Å². The summed E-state index contributed by atoms with van der Waals surface area (Å²) in [6.07, 6.45) is 4.81. The highest BCUT2D eigenvalue weighted by Crippen LogP contribution is 2.28. The van der Waals surface area contributed by atoms with Crippen molar-refractivity contribution in [2.75, 3.05) is 19.0 Å². The molecule has 6 nitrogen and oxygen atoms in total. The molecule has 2 atom stereocenters. The molecule has 1 aromatic carbocycles. The van der Waals surface area contributed by atoms with Crippen LogP contribution in [-0.4, -0.2) is 30.6 Å². The van der Waals surface area contributed by atoms with Crippen molar-refractivity contribution in [1.29, 1.82) is 0 Å². The minimum absolute atomic E-state index is 0.129. The zero-order valence-corrected chi connectivity index (χ0v) is 14.4. The maximum absolute atomic E-state index is 12.8. The predicted octanol–water partition coefficient (Wildman–Crippen LogP) is 2.69. The van der Waals surface area contributed by atoms with Crippen molar-refractivity contribution in [2.24, 2.45) is 11.7 Å². The van der Waals surface area contributed by atoms with Gasteiger partial charge in [-0.25, -0.2) is 4.98 Å². The first-order valence-corrected chi connectivity index (χ1v) is 8.59. The van der Waals surface area contributed by atoms with Crippen LogP contribution in [0.2, 0.25) is 0 Å². The number of anilines is 2. The monoisotopic (exact) mass is 340 g/mol. The van der Waals surface area contributed by atoms with Gasteiger partial charge in [-0.2, -0.15) is 0 Å². The van der Waals surface area contributed by atoms with E-state index in [1.54, 1.807) is 25.4 Å². The lowest BCUT2D eigenvalue weighted by Crippen LogP contribution is -2.40. The van der Waals surface area contributed by atoms with Crippen molar-refractivity contribution in [2.45, 2.75) is 25.3 Å². The van der Waals surface area contributed by atoms with Crippen LogP contribution in [0.15, 0.2) is 42.6 Å². The van der Waals surface area contributed by atoms with Crippen molar-refractivity contribution in [1.82, 2.24) is 10.3 Å². The zero-order chi connectivity index (χ0) is 17.6. The quantitative estimate of drug-likeness (QED) is 0.752. The molecular formula is C19H24N4O2. The first-order chi connectivity index (χ1) is 12.2. The second kappa shape index (κ2) is 7.98. The number of para-hydroxylation sites is 2. The Morgan fingerprint density at radius 2 is 2.12 bits per heavy atom. The van der Waals surface area contributed by atoms with E-state index in [2.05, 4.69) is 15.6 Å². The Kier molecular flexibility index (Phi) is 5.50. The number of ether oxygens (including phenoxy) is 1. The molecule has 2 unspecified atom stereocenters. The summed E-state index contributed by atoms with van der Waals surface area (Å²) in [5, 5.41) is 6.32. The molecule has 1 aliphatic carbocycles. The lowest BCUT2D eigenvalue weighted by molar-refractivity contribution is 0.0929. The number of nitrogens with one attached hydrogen (secondary N) is 2. The van der Waals surface area contributed by atoms with Gasteiger partial charge in [0.05, 0.1) is 18.4 Å². The lowest BCUT2D eigenvalue weighted by Gasteiger charge is -2.20. The van der Waals surface area contributed by atoms with Crippen molar-refractivity contribution in [3.8, 4) is 5.75 Å². The van der Waals surface area contributed by atoms with Gasteiger partial charge in [-0.3, -0.25) is 4.79 Å². The molecule has 2 aromatic rings. The number of amides is 1. The molecule has 3 rings (SSSR count). The number of nitrogens with zero attached hydrogens (tertiary/aromatic N) is 1. The smallest absolute Gasteiger partial charge is 0.255 e. The Labute approximate surface area is 147 Å². The van der Waals surface area contributed by atoms with Crippen LogP contribution in [0.1, 0.15) is 29.6 Å². The van der Waals surface area contributed by atoms with Crippen LogP contribution in [0.3, 0.4) is 0 Å². The van der Waals surface area contributed by atoms with E-state index < -0.39 is 0 Å². The topological polar surface area (TPSA) is 89.3 Å². The highest BCUT2D eigenvalue weighted by atomic mass is 16.5. The standard InChI is InChI=1S/C19H24N4O2/c1-25-17-10-3-2-8-16(17)22-18-14(7-5-11-21-18)19(24)23-15-9-4-6-13(15)12-20/h2-3,5,7-8,10-11,13,15H,4,6,9,12,20H2,1H3,(H,21,22)(H,23,24). The first kappa shape index (κ1) is 17.2. The van der Waals surface area contributed by atoms with Gasteiger partial charge >= 0.3 is 0 Å². The molecule has 1 heterocycles. The van der Waals surface area contributed by atoms with E-state index in [4.69, 9.17) is 10.5 Å². The number of methoxy groups -OCH3 is 1. The van der Waals surface area contributed by atoms with E-state index in [-0.39, 0.29) is 11.9 Å². The van der Waals surface area contributed by atoms with E-state index in [0.717, 1.165) is 24.9 Å². The summed E-state index contributed by atoms with van der Waals surface area (Å²) >= 11 is 0. The van der Waals surface area contributed by atoms with Crippen LogP contribution < -0.4 is 21.1 Å². The predicted molar refractivity (Wildman–Crippen MR) is 98.2 cm³/mol. The zero-order valence-electron chi connectivity index (χ0n) is 14.4. The number of rotatable bonds is 6. The highest BCUT2D eigenvalue weighted by molar-refractivity contribution is 5.99. The second-order valence-electron chi connectivity index (χ2n) is 6.23. The summed E-state index contributed by atoms with van der Waals surface area (Å²) in [5.41, 5.74) is 7.09. The number of aromatic nitrogens is 1. The molecule has 1 fully saturated rings. The van der Waals surface area contributed by atoms with Gasteiger partial charge in [0.1, 0.15) is 11.6 Å². The average Bonchev–Trinajstić information content (AvgIpc) is 3.09. The molecule has 1 aromatic heterocycles. The van der Waals surface area contributed by atoms with E-state index in [1.807, 2.05) is 24.3 Å². The maximum Gasteiger partial charge on any atom is 0.255 e. The van der Waals surface area contributed by atoms with Crippen LogP contribution in [0.25, 0.3) is 0 Å². The highest BCUT2D eigenvalue weighted by Gasteiger charge is 2.28. The summed E-state index contributed by atoms with van der Waals surface area (Å²) in [7, 11) is 1.61. The Morgan fingerprint density at radius 3 is 2.92 bits per heavy atom. The molecule has 6 heteroatoms. The molecular weight excluding hydrogens is 316 g/mol. The van der Waals surface area contributed by atoms with Crippen LogP contribution in [0, 0.1) is 5.92 Å². The number of nitrogens with two attached hydrogens (primary N) is 1. The number of hydrogen-bond donors (Lipinski definition) is 3. The molecule has 0 saturated heterocycles. The van der Waals surface area contributed by atoms with Crippen molar-refractivity contribution >= 4 is 17.4 Å². The number of hydrogen-bond acceptors (Lipinski definition) is 5. The van der Waals surface area contributed by atoms with Crippen molar-refractivity contribution in [3.05, 3.63) is 48.2 Å².